The lowest BCUT2D eigenvalue weighted by Gasteiger charge is -2.20. The van der Waals surface area contributed by atoms with Gasteiger partial charge >= 0.3 is 6.03 Å². The number of hydrogen-bond acceptors (Lipinski definition) is 6. The molecule has 0 aliphatic heterocycles. The second-order valence-electron chi connectivity index (χ2n) is 5.44. The first kappa shape index (κ1) is 22.3. The van der Waals surface area contributed by atoms with Crippen molar-refractivity contribution in [2.45, 2.75) is 29.7 Å². The van der Waals surface area contributed by atoms with Crippen molar-refractivity contribution >= 4 is 73.1 Å². The van der Waals surface area contributed by atoms with Crippen LogP contribution in [0.2, 0.25) is 0 Å². The Morgan fingerprint density at radius 1 is 1.22 bits per heavy atom. The van der Waals surface area contributed by atoms with Crippen LogP contribution in [0.5, 0.6) is 0 Å². The lowest BCUT2D eigenvalue weighted by molar-refractivity contribution is 0.238. The van der Waals surface area contributed by atoms with Crippen molar-refractivity contribution in [2.75, 3.05) is 30.5 Å². The van der Waals surface area contributed by atoms with Gasteiger partial charge in [-0.25, -0.2) is 4.79 Å². The number of rotatable bonds is 8. The molecule has 0 radical (unpaired) electrons. The Hall–Kier alpha value is -0.970. The molecule has 1 aromatic carbocycles. The van der Waals surface area contributed by atoms with E-state index in [1.54, 1.807) is 11.4 Å². The second-order valence-corrected chi connectivity index (χ2v) is 9.02. The van der Waals surface area contributed by atoms with E-state index in [0.717, 1.165) is 43.9 Å². The fraction of sp³-hybridized carbons (Fsp3) is 0.353. The summed E-state index contributed by atoms with van der Waals surface area (Å²) in [5.41, 5.74) is 0.740. The summed E-state index contributed by atoms with van der Waals surface area (Å²) in [6.07, 6.45) is 3.94. The Kier molecular flexibility index (Phi) is 9.20. The molecule has 146 valence electrons. The van der Waals surface area contributed by atoms with E-state index in [1.807, 2.05) is 30.5 Å². The van der Waals surface area contributed by atoms with Gasteiger partial charge in [0.1, 0.15) is 5.03 Å². The van der Waals surface area contributed by atoms with E-state index in [1.165, 1.54) is 23.7 Å². The quantitative estimate of drug-likeness (QED) is 0.398. The molecular weight excluding hydrogens is 514 g/mol. The minimum atomic E-state index is -0.110. The van der Waals surface area contributed by atoms with Gasteiger partial charge in [-0.3, -0.25) is 4.31 Å². The van der Waals surface area contributed by atoms with Crippen LogP contribution in [0.3, 0.4) is 0 Å². The van der Waals surface area contributed by atoms with Crippen molar-refractivity contribution in [2.24, 2.45) is 0 Å². The Morgan fingerprint density at radius 3 is 2.59 bits per heavy atom. The number of unbranched alkanes of at least 4 members (excludes halogenated alkanes) is 1. The predicted molar refractivity (Wildman–Crippen MR) is 122 cm³/mol. The average Bonchev–Trinajstić information content (AvgIpc) is 2.65. The summed E-state index contributed by atoms with van der Waals surface area (Å²) in [5.74, 6) is 0.692. The molecule has 0 atom stereocenters. The zero-order valence-corrected chi connectivity index (χ0v) is 20.1. The number of amides is 2. The predicted octanol–water partition coefficient (Wildman–Crippen LogP) is 6.11. The molecule has 0 saturated heterocycles. The molecule has 27 heavy (non-hydrogen) atoms. The summed E-state index contributed by atoms with van der Waals surface area (Å²) in [7, 11) is 1.80. The van der Waals surface area contributed by atoms with Gasteiger partial charge in [-0.15, -0.1) is 10.2 Å². The molecule has 10 heteroatoms. The number of nitrogens with zero attached hydrogens (tertiary/aromatic N) is 3. The van der Waals surface area contributed by atoms with Crippen molar-refractivity contribution in [1.29, 1.82) is 0 Å². The minimum Gasteiger partial charge on any atom is -0.371 e. The van der Waals surface area contributed by atoms with Gasteiger partial charge in [-0.1, -0.05) is 25.1 Å². The molecule has 2 aromatic rings. The van der Waals surface area contributed by atoms with Crippen molar-refractivity contribution in [3.05, 3.63) is 33.2 Å². The number of hydrogen-bond donors (Lipinski definition) is 2. The Morgan fingerprint density at radius 2 is 2.00 bits per heavy atom. The van der Waals surface area contributed by atoms with Crippen LogP contribution >= 0.6 is 55.6 Å². The standard InChI is InChI=1S/C17H21Br2N5OS2/c1-4-5-8-24(26-3)17(25)21-11-6-7-14(12(18)9-11)27-15-10-13(19)16(20-2)23-22-15/h6-7,9-10H,4-5,8H2,1-3H3,(H,20,23)(H,21,25). The van der Waals surface area contributed by atoms with Crippen LogP contribution in [0, 0.1) is 0 Å². The monoisotopic (exact) mass is 533 g/mol. The maximum atomic E-state index is 12.4. The zero-order valence-electron chi connectivity index (χ0n) is 15.3. The van der Waals surface area contributed by atoms with Gasteiger partial charge in [-0.05, 0) is 74.5 Å². The minimum absolute atomic E-state index is 0.110. The lowest BCUT2D eigenvalue weighted by Crippen LogP contribution is -2.29. The van der Waals surface area contributed by atoms with Gasteiger partial charge in [0.15, 0.2) is 5.82 Å². The average molecular weight is 535 g/mol. The molecule has 0 unspecified atom stereocenters. The summed E-state index contributed by atoms with van der Waals surface area (Å²) in [6, 6.07) is 7.52. The summed E-state index contributed by atoms with van der Waals surface area (Å²) in [6.45, 7) is 2.84. The largest absolute Gasteiger partial charge is 0.371 e. The molecule has 6 nitrogen and oxygen atoms in total. The van der Waals surface area contributed by atoms with Crippen LogP contribution in [-0.2, 0) is 0 Å². The van der Waals surface area contributed by atoms with Crippen molar-refractivity contribution in [1.82, 2.24) is 14.5 Å². The van der Waals surface area contributed by atoms with E-state index < -0.39 is 0 Å². The summed E-state index contributed by atoms with van der Waals surface area (Å²) >= 11 is 9.97. The molecule has 1 heterocycles. The number of benzene rings is 1. The van der Waals surface area contributed by atoms with Crippen molar-refractivity contribution in [3.63, 3.8) is 0 Å². The highest BCUT2D eigenvalue weighted by Crippen LogP contribution is 2.35. The molecular formula is C17H21Br2N5OS2. The molecule has 1 aromatic heterocycles. The third kappa shape index (κ3) is 6.55. The normalized spacial score (nSPS) is 10.6. The molecule has 2 rings (SSSR count). The molecule has 2 amide bonds. The number of aromatic nitrogens is 2. The first-order valence-corrected chi connectivity index (χ1v) is 11.9. The summed E-state index contributed by atoms with van der Waals surface area (Å²) in [5, 5.41) is 15.0. The van der Waals surface area contributed by atoms with Gasteiger partial charge < -0.3 is 10.6 Å². The fourth-order valence-corrected chi connectivity index (χ4v) is 4.68. The molecule has 0 spiro atoms. The number of halogens is 2. The van der Waals surface area contributed by atoms with Crippen LogP contribution in [0.4, 0.5) is 16.3 Å². The van der Waals surface area contributed by atoms with Gasteiger partial charge in [0.25, 0.3) is 0 Å². The summed E-state index contributed by atoms with van der Waals surface area (Å²) in [4.78, 5) is 13.4. The number of carbonyl (C=O) groups is 1. The summed E-state index contributed by atoms with van der Waals surface area (Å²) < 4.78 is 3.47. The van der Waals surface area contributed by atoms with Crippen LogP contribution in [-0.4, -0.2) is 40.4 Å². The zero-order chi connectivity index (χ0) is 19.8. The first-order valence-electron chi connectivity index (χ1n) is 8.29. The second kappa shape index (κ2) is 11.1. The van der Waals surface area contributed by atoms with Crippen LogP contribution in [0.15, 0.2) is 43.1 Å². The van der Waals surface area contributed by atoms with Crippen LogP contribution in [0.25, 0.3) is 0 Å². The van der Waals surface area contributed by atoms with Gasteiger partial charge in [0.05, 0.1) is 4.47 Å². The fourth-order valence-electron chi connectivity index (χ4n) is 2.11. The van der Waals surface area contributed by atoms with E-state index in [0.29, 0.717) is 5.82 Å². The van der Waals surface area contributed by atoms with Gasteiger partial charge in [0.2, 0.25) is 0 Å². The van der Waals surface area contributed by atoms with Crippen molar-refractivity contribution in [3.8, 4) is 0 Å². The SMILES string of the molecule is CCCCN(SC)C(=O)Nc1ccc(Sc2cc(Br)c(NC)nn2)c(Br)c1. The molecule has 2 N–H and O–H groups in total. The Balaban J connectivity index is 2.06. The number of carbonyl (C=O) groups excluding carboxylic acids is 1. The highest BCUT2D eigenvalue weighted by molar-refractivity contribution is 9.11. The highest BCUT2D eigenvalue weighted by Gasteiger charge is 2.13. The van der Waals surface area contributed by atoms with E-state index in [4.69, 9.17) is 0 Å². The highest BCUT2D eigenvalue weighted by atomic mass is 79.9. The van der Waals surface area contributed by atoms with Crippen LogP contribution in [0.1, 0.15) is 19.8 Å². The third-order valence-corrected chi connectivity index (χ3v) is 6.82. The third-order valence-electron chi connectivity index (χ3n) is 3.52. The maximum absolute atomic E-state index is 12.4. The van der Waals surface area contributed by atoms with Crippen molar-refractivity contribution < 1.29 is 4.79 Å². The molecule has 0 bridgehead atoms. The van der Waals surface area contributed by atoms with E-state index >= 15 is 0 Å². The lowest BCUT2D eigenvalue weighted by atomic mass is 10.3. The number of anilines is 2. The van der Waals surface area contributed by atoms with E-state index in [-0.39, 0.29) is 6.03 Å². The number of nitrogens with one attached hydrogen (secondary N) is 2. The molecule has 0 aliphatic rings. The molecule has 0 fully saturated rings. The topological polar surface area (TPSA) is 70.2 Å². The molecule has 0 saturated carbocycles. The maximum Gasteiger partial charge on any atom is 0.331 e. The first-order chi connectivity index (χ1) is 13.0. The van der Waals surface area contributed by atoms with Gasteiger partial charge in [-0.2, -0.15) is 0 Å². The van der Waals surface area contributed by atoms with Gasteiger partial charge in [0, 0.05) is 34.9 Å². The smallest absolute Gasteiger partial charge is 0.331 e. The Labute approximate surface area is 185 Å². The number of urea groups is 1. The Bertz CT molecular complexity index is 794. The molecule has 0 aliphatic carbocycles. The van der Waals surface area contributed by atoms with E-state index in [9.17, 15) is 4.79 Å². The van der Waals surface area contributed by atoms with Crippen LogP contribution < -0.4 is 10.6 Å². The van der Waals surface area contributed by atoms with E-state index in [2.05, 4.69) is 59.6 Å².